The van der Waals surface area contributed by atoms with Crippen molar-refractivity contribution < 1.29 is 4.79 Å². The number of rotatable bonds is 2. The van der Waals surface area contributed by atoms with E-state index in [1.165, 1.54) is 17.4 Å². The number of hydrogen-bond donors (Lipinski definition) is 0. The van der Waals surface area contributed by atoms with Crippen LogP contribution in [0.5, 0.6) is 0 Å². The number of carbonyl (C=O) groups excluding carboxylic acids is 1. The number of carbonyl (C=O) groups is 1. The van der Waals surface area contributed by atoms with E-state index >= 15 is 0 Å². The zero-order chi connectivity index (χ0) is 19.8. The molecule has 146 valence electrons. The van der Waals surface area contributed by atoms with Crippen LogP contribution in [-0.4, -0.2) is 46.7 Å². The van der Waals surface area contributed by atoms with Gasteiger partial charge in [0.15, 0.2) is 5.17 Å². The van der Waals surface area contributed by atoms with Gasteiger partial charge in [-0.15, -0.1) is 0 Å². The molecule has 0 radical (unpaired) electrons. The molecular weight excluding hydrogens is 380 g/mol. The Bertz CT molecular complexity index is 1120. The zero-order valence-electron chi connectivity index (χ0n) is 16.3. The van der Waals surface area contributed by atoms with Gasteiger partial charge in [-0.1, -0.05) is 36.4 Å². The number of anilines is 1. The number of benzene rings is 2. The summed E-state index contributed by atoms with van der Waals surface area (Å²) in [6, 6.07) is 18.7. The third-order valence-electron chi connectivity index (χ3n) is 5.50. The molecule has 3 aromatic rings. The number of aryl methyl sites for hydroxylation is 1. The number of para-hydroxylation sites is 2. The van der Waals surface area contributed by atoms with Crippen molar-refractivity contribution in [1.29, 1.82) is 0 Å². The highest BCUT2D eigenvalue weighted by atomic mass is 32.2. The first kappa shape index (κ1) is 18.1. The molecule has 0 spiro atoms. The van der Waals surface area contributed by atoms with E-state index in [1.54, 1.807) is 0 Å². The number of thioether (sulfide) groups is 1. The summed E-state index contributed by atoms with van der Waals surface area (Å²) in [5.41, 5.74) is 3.47. The molecule has 0 bridgehead atoms. The molecule has 3 heterocycles. The number of amides is 1. The number of aliphatic imine (C=N–C) groups is 1. The number of nitrogens with zero attached hydrogens (tertiary/aromatic N) is 4. The summed E-state index contributed by atoms with van der Waals surface area (Å²) < 4.78 is 2.09. The van der Waals surface area contributed by atoms with E-state index in [1.807, 2.05) is 31.3 Å². The zero-order valence-corrected chi connectivity index (χ0v) is 17.1. The van der Waals surface area contributed by atoms with Crippen molar-refractivity contribution in [2.75, 3.05) is 31.1 Å². The normalized spacial score (nSPS) is 18.7. The van der Waals surface area contributed by atoms with Crippen molar-refractivity contribution in [3.63, 3.8) is 0 Å². The Morgan fingerprint density at radius 1 is 0.931 bits per heavy atom. The summed E-state index contributed by atoms with van der Waals surface area (Å²) in [5.74, 6) is -0.136. The lowest BCUT2D eigenvalue weighted by Crippen LogP contribution is -2.47. The Morgan fingerprint density at radius 3 is 2.41 bits per heavy atom. The first-order valence-electron chi connectivity index (χ1n) is 9.80. The second-order valence-corrected chi connectivity index (χ2v) is 8.34. The summed E-state index contributed by atoms with van der Waals surface area (Å²) in [6.45, 7) is 3.60. The number of amidine groups is 1. The molecule has 2 aliphatic rings. The lowest BCUT2D eigenvalue weighted by atomic mass is 10.1. The first-order valence-corrected chi connectivity index (χ1v) is 10.6. The molecule has 1 amide bonds. The number of hydrogen-bond acceptors (Lipinski definition) is 4. The molecular formula is C23H22N4OS. The minimum absolute atomic E-state index is 0.136. The van der Waals surface area contributed by atoms with Crippen LogP contribution in [0.15, 0.2) is 70.7 Å². The highest BCUT2D eigenvalue weighted by molar-refractivity contribution is 8.18. The average molecular weight is 403 g/mol. The molecule has 1 saturated heterocycles. The summed E-state index contributed by atoms with van der Waals surface area (Å²) >= 11 is 1.49. The lowest BCUT2D eigenvalue weighted by molar-refractivity contribution is -0.113. The van der Waals surface area contributed by atoms with E-state index in [2.05, 4.69) is 62.0 Å². The van der Waals surface area contributed by atoms with Crippen LogP contribution in [0.1, 0.15) is 5.56 Å². The maximum absolute atomic E-state index is 12.5. The SMILES string of the molecule is Cn1cc(/C=C2/SC(N3CCN(c4ccccc4)CC3)=NC2=O)c2ccccc21. The fraction of sp³-hybridized carbons (Fsp3) is 0.217. The van der Waals surface area contributed by atoms with Crippen LogP contribution in [0.2, 0.25) is 0 Å². The molecule has 0 saturated carbocycles. The molecule has 0 unspecified atom stereocenters. The Morgan fingerprint density at radius 2 is 1.62 bits per heavy atom. The van der Waals surface area contributed by atoms with Crippen LogP contribution < -0.4 is 4.90 Å². The van der Waals surface area contributed by atoms with Gasteiger partial charge in [-0.3, -0.25) is 4.79 Å². The quantitative estimate of drug-likeness (QED) is 0.608. The van der Waals surface area contributed by atoms with Gasteiger partial charge in [0, 0.05) is 61.6 Å². The molecule has 2 aromatic carbocycles. The predicted molar refractivity (Wildman–Crippen MR) is 121 cm³/mol. The topological polar surface area (TPSA) is 40.8 Å². The van der Waals surface area contributed by atoms with Gasteiger partial charge in [0.1, 0.15) is 0 Å². The predicted octanol–water partition coefficient (Wildman–Crippen LogP) is 3.97. The second-order valence-electron chi connectivity index (χ2n) is 7.33. The van der Waals surface area contributed by atoms with Gasteiger partial charge in [0.05, 0.1) is 4.91 Å². The van der Waals surface area contributed by atoms with Crippen molar-refractivity contribution >= 4 is 45.5 Å². The Balaban J connectivity index is 1.30. The fourth-order valence-corrected chi connectivity index (χ4v) is 4.91. The van der Waals surface area contributed by atoms with Crippen molar-refractivity contribution in [3.05, 3.63) is 71.3 Å². The fourth-order valence-electron chi connectivity index (χ4n) is 3.96. The van der Waals surface area contributed by atoms with E-state index in [0.29, 0.717) is 4.91 Å². The standard InChI is InChI=1S/C23H22N4OS/c1-25-16-17(19-9-5-6-10-20(19)25)15-21-22(28)24-23(29-21)27-13-11-26(12-14-27)18-7-3-2-4-8-18/h2-10,15-16H,11-14H2,1H3/b21-15+. The molecule has 5 rings (SSSR count). The molecule has 5 nitrogen and oxygen atoms in total. The summed E-state index contributed by atoms with van der Waals surface area (Å²) in [5, 5.41) is 1.98. The third-order valence-corrected chi connectivity index (χ3v) is 6.54. The Hall–Kier alpha value is -2.99. The van der Waals surface area contributed by atoms with Crippen LogP contribution in [-0.2, 0) is 11.8 Å². The van der Waals surface area contributed by atoms with Crippen molar-refractivity contribution in [3.8, 4) is 0 Å². The molecule has 1 aromatic heterocycles. The number of aromatic nitrogens is 1. The summed E-state index contributed by atoms with van der Waals surface area (Å²) in [6.07, 6.45) is 4.05. The van der Waals surface area contributed by atoms with E-state index in [0.717, 1.165) is 47.8 Å². The van der Waals surface area contributed by atoms with Crippen LogP contribution in [0, 0.1) is 0 Å². The van der Waals surface area contributed by atoms with Crippen molar-refractivity contribution in [1.82, 2.24) is 9.47 Å². The van der Waals surface area contributed by atoms with Gasteiger partial charge < -0.3 is 14.4 Å². The maximum atomic E-state index is 12.5. The van der Waals surface area contributed by atoms with Gasteiger partial charge in [0.2, 0.25) is 0 Å². The first-order chi connectivity index (χ1) is 14.2. The molecule has 0 aliphatic carbocycles. The molecule has 2 aliphatic heterocycles. The van der Waals surface area contributed by atoms with Crippen LogP contribution in [0.4, 0.5) is 5.69 Å². The molecule has 1 fully saturated rings. The molecule has 6 heteroatoms. The van der Waals surface area contributed by atoms with E-state index in [9.17, 15) is 4.79 Å². The molecule has 29 heavy (non-hydrogen) atoms. The highest BCUT2D eigenvalue weighted by Gasteiger charge is 2.28. The van der Waals surface area contributed by atoms with E-state index < -0.39 is 0 Å². The number of piperazine rings is 1. The second kappa shape index (κ2) is 7.44. The van der Waals surface area contributed by atoms with Crippen LogP contribution >= 0.6 is 11.8 Å². The van der Waals surface area contributed by atoms with Gasteiger partial charge >= 0.3 is 0 Å². The highest BCUT2D eigenvalue weighted by Crippen LogP contribution is 2.33. The minimum atomic E-state index is -0.136. The minimum Gasteiger partial charge on any atom is -0.368 e. The molecule has 0 atom stereocenters. The largest absolute Gasteiger partial charge is 0.368 e. The number of fused-ring (bicyclic) bond motifs is 1. The van der Waals surface area contributed by atoms with Crippen molar-refractivity contribution in [2.45, 2.75) is 0 Å². The van der Waals surface area contributed by atoms with Gasteiger partial charge in [0.25, 0.3) is 5.91 Å². The molecule has 0 N–H and O–H groups in total. The van der Waals surface area contributed by atoms with Gasteiger partial charge in [-0.2, -0.15) is 4.99 Å². The van der Waals surface area contributed by atoms with Crippen LogP contribution in [0.3, 0.4) is 0 Å². The lowest BCUT2D eigenvalue weighted by Gasteiger charge is -2.36. The van der Waals surface area contributed by atoms with Gasteiger partial charge in [-0.05, 0) is 36.0 Å². The monoisotopic (exact) mass is 402 g/mol. The van der Waals surface area contributed by atoms with Crippen LogP contribution in [0.25, 0.3) is 17.0 Å². The average Bonchev–Trinajstić information content (AvgIpc) is 3.29. The summed E-state index contributed by atoms with van der Waals surface area (Å²) in [7, 11) is 2.03. The Kier molecular flexibility index (Phi) is 4.64. The van der Waals surface area contributed by atoms with Crippen molar-refractivity contribution in [2.24, 2.45) is 12.0 Å². The van der Waals surface area contributed by atoms with E-state index in [4.69, 9.17) is 0 Å². The van der Waals surface area contributed by atoms with Gasteiger partial charge in [-0.25, -0.2) is 0 Å². The third kappa shape index (κ3) is 3.44. The smallest absolute Gasteiger partial charge is 0.286 e. The Labute approximate surface area is 174 Å². The summed E-state index contributed by atoms with van der Waals surface area (Å²) in [4.78, 5) is 22.2. The maximum Gasteiger partial charge on any atom is 0.286 e. The van der Waals surface area contributed by atoms with E-state index in [-0.39, 0.29) is 5.91 Å².